The monoisotopic (exact) mass is 270 g/mol. The average Bonchev–Trinajstić information content (AvgIpc) is 0. The molecule has 0 aromatic heterocycles. The molecule has 0 aromatic carbocycles. The first kappa shape index (κ1) is 65.6. The zero-order valence-corrected chi connectivity index (χ0v) is 10.2. The van der Waals surface area contributed by atoms with Gasteiger partial charge in [0.15, 0.2) is 0 Å². The van der Waals surface area contributed by atoms with Crippen molar-refractivity contribution in [3.8, 4) is 0 Å². The van der Waals surface area contributed by atoms with Gasteiger partial charge in [0.2, 0.25) is 0 Å². The number of rotatable bonds is 0. The van der Waals surface area contributed by atoms with E-state index in [9.17, 15) is 0 Å². The maximum absolute atomic E-state index is 0. The summed E-state index contributed by atoms with van der Waals surface area (Å²) in [5.41, 5.74) is 0. The van der Waals surface area contributed by atoms with Gasteiger partial charge in [-0.25, -0.2) is 0 Å². The maximum atomic E-state index is 0. The molecule has 6 heavy (non-hydrogen) atoms. The molecule has 0 nitrogen and oxygen atoms in total. The normalized spacial score (nSPS) is 0. The molecule has 0 unspecified atom stereocenters. The molecule has 0 aliphatic rings. The van der Waals surface area contributed by atoms with Crippen molar-refractivity contribution in [1.82, 2.24) is 0 Å². The molecule has 5 radical (unpaired) electrons. The standard InChI is InChI=1S/CH3.5V/h1H3;;;;;/q-1;;;;;. The van der Waals surface area contributed by atoms with Crippen molar-refractivity contribution in [2.75, 3.05) is 0 Å². The largest absolute Gasteiger partial charge is 0.358 e. The smallest absolute Gasteiger partial charge is 0 e. The third-order valence-electron chi connectivity index (χ3n) is 0. The van der Waals surface area contributed by atoms with Gasteiger partial charge in [0.1, 0.15) is 0 Å². The van der Waals surface area contributed by atoms with Gasteiger partial charge >= 0.3 is 0 Å². The minimum absolute atomic E-state index is 0. The summed E-state index contributed by atoms with van der Waals surface area (Å²) in [5, 5.41) is 0. The van der Waals surface area contributed by atoms with Gasteiger partial charge in [-0.1, -0.05) is 0 Å². The quantitative estimate of drug-likeness (QED) is 0.560. The molecular formula is CH3V5-. The molecule has 0 bridgehead atoms. The Morgan fingerprint density at radius 2 is 0.333 bits per heavy atom. The second-order valence-electron chi connectivity index (χ2n) is 0. The number of hydrogen-bond donors (Lipinski definition) is 0. The van der Waals surface area contributed by atoms with Crippen LogP contribution in [0.4, 0.5) is 0 Å². The molecule has 0 aliphatic heterocycles. The van der Waals surface area contributed by atoms with Crippen LogP contribution in [0.2, 0.25) is 0 Å². The van der Waals surface area contributed by atoms with E-state index in [2.05, 4.69) is 0 Å². The molecule has 0 aliphatic carbocycles. The molecule has 0 saturated heterocycles. The van der Waals surface area contributed by atoms with Crippen molar-refractivity contribution in [2.24, 2.45) is 0 Å². The van der Waals surface area contributed by atoms with Gasteiger partial charge in [0.25, 0.3) is 0 Å². The Hall–Kier alpha value is 2.92. The zero-order valence-electron chi connectivity index (χ0n) is 3.24. The Balaban J connectivity index is 0. The summed E-state index contributed by atoms with van der Waals surface area (Å²) in [6.07, 6.45) is 0. The molecule has 0 atom stereocenters. The van der Waals surface area contributed by atoms with E-state index in [-0.39, 0.29) is 100 Å². The fourth-order valence-electron chi connectivity index (χ4n) is 0. The predicted molar refractivity (Wildman–Crippen MR) is 6.41 cm³/mol. The van der Waals surface area contributed by atoms with Gasteiger partial charge < -0.3 is 7.43 Å². The third-order valence-corrected chi connectivity index (χ3v) is 0. The molecule has 0 rings (SSSR count). The van der Waals surface area contributed by atoms with E-state index < -0.39 is 0 Å². The zero-order chi connectivity index (χ0) is 0. The summed E-state index contributed by atoms with van der Waals surface area (Å²) in [5.74, 6) is 0. The van der Waals surface area contributed by atoms with E-state index in [4.69, 9.17) is 0 Å². The van der Waals surface area contributed by atoms with Crippen LogP contribution in [0.3, 0.4) is 0 Å². The topological polar surface area (TPSA) is 0 Å². The Kier molecular flexibility index (Phi) is 486. The van der Waals surface area contributed by atoms with Gasteiger partial charge in [0, 0.05) is 92.8 Å². The minimum Gasteiger partial charge on any atom is -0.358 e. The molecule has 0 spiro atoms. The first-order valence-electron chi connectivity index (χ1n) is 0. The predicted octanol–water partition coefficient (Wildman–Crippen LogP) is 0.438. The molecule has 0 fully saturated rings. The molecule has 33 valence electrons. The summed E-state index contributed by atoms with van der Waals surface area (Å²) >= 11 is 0. The van der Waals surface area contributed by atoms with E-state index >= 15 is 0 Å². The van der Waals surface area contributed by atoms with Crippen molar-refractivity contribution < 1.29 is 92.8 Å². The van der Waals surface area contributed by atoms with Crippen LogP contribution in [0.15, 0.2) is 0 Å². The van der Waals surface area contributed by atoms with Crippen LogP contribution in [0.1, 0.15) is 0 Å². The van der Waals surface area contributed by atoms with Crippen molar-refractivity contribution >= 4 is 0 Å². The van der Waals surface area contributed by atoms with Gasteiger partial charge in [-0.3, -0.25) is 0 Å². The number of hydrogen-bond acceptors (Lipinski definition) is 0. The second kappa shape index (κ2) is 44.5. The second-order valence-corrected chi connectivity index (χ2v) is 0. The molecule has 0 saturated carbocycles. The first-order chi connectivity index (χ1) is 0. The van der Waals surface area contributed by atoms with Crippen LogP contribution >= 0.6 is 0 Å². The van der Waals surface area contributed by atoms with Gasteiger partial charge in [-0.05, 0) is 0 Å². The Morgan fingerprint density at radius 1 is 0.333 bits per heavy atom. The van der Waals surface area contributed by atoms with E-state index in [1.165, 1.54) is 0 Å². The van der Waals surface area contributed by atoms with Crippen LogP contribution in [-0.2, 0) is 92.8 Å². The van der Waals surface area contributed by atoms with Crippen LogP contribution in [0, 0.1) is 7.43 Å². The van der Waals surface area contributed by atoms with Gasteiger partial charge in [0.05, 0.1) is 0 Å². The fraction of sp³-hybridized carbons (Fsp3) is 0. The summed E-state index contributed by atoms with van der Waals surface area (Å²) in [6, 6.07) is 0. The average molecular weight is 270 g/mol. The Labute approximate surface area is 98.8 Å². The maximum Gasteiger partial charge on any atom is 0 e. The summed E-state index contributed by atoms with van der Waals surface area (Å²) < 4.78 is 0. The van der Waals surface area contributed by atoms with Crippen molar-refractivity contribution in [3.63, 3.8) is 0 Å². The molecule has 0 aromatic rings. The molecule has 0 heterocycles. The van der Waals surface area contributed by atoms with E-state index in [0.717, 1.165) is 0 Å². The molecule has 0 amide bonds. The van der Waals surface area contributed by atoms with Crippen LogP contribution in [-0.4, -0.2) is 0 Å². The molecule has 0 N–H and O–H groups in total. The van der Waals surface area contributed by atoms with Crippen LogP contribution < -0.4 is 0 Å². The van der Waals surface area contributed by atoms with Crippen molar-refractivity contribution in [3.05, 3.63) is 7.43 Å². The van der Waals surface area contributed by atoms with Crippen LogP contribution in [0.25, 0.3) is 0 Å². The first-order valence-corrected chi connectivity index (χ1v) is 0. The van der Waals surface area contributed by atoms with E-state index in [0.29, 0.717) is 0 Å². The van der Waals surface area contributed by atoms with Crippen LogP contribution in [0.5, 0.6) is 0 Å². The fourth-order valence-corrected chi connectivity index (χ4v) is 0. The summed E-state index contributed by atoms with van der Waals surface area (Å²) in [7, 11) is 0. The summed E-state index contributed by atoms with van der Waals surface area (Å²) in [6.45, 7) is 0. The van der Waals surface area contributed by atoms with Gasteiger partial charge in [-0.15, -0.1) is 0 Å². The van der Waals surface area contributed by atoms with E-state index in [1.807, 2.05) is 0 Å². The van der Waals surface area contributed by atoms with Gasteiger partial charge in [-0.2, -0.15) is 0 Å². The molecular weight excluding hydrogens is 267 g/mol. The van der Waals surface area contributed by atoms with Crippen molar-refractivity contribution in [1.29, 1.82) is 0 Å². The minimum atomic E-state index is 0. The third kappa shape index (κ3) is 28.4. The Bertz CT molecular complexity index is 3.90. The Morgan fingerprint density at radius 3 is 0.333 bits per heavy atom. The van der Waals surface area contributed by atoms with Crippen molar-refractivity contribution in [2.45, 2.75) is 0 Å². The SMILES string of the molecule is [CH3-].[V].[V].[V].[V].[V]. The summed E-state index contributed by atoms with van der Waals surface area (Å²) in [4.78, 5) is 0. The van der Waals surface area contributed by atoms with E-state index in [1.54, 1.807) is 0 Å². The molecule has 5 heteroatoms.